The van der Waals surface area contributed by atoms with Crippen molar-refractivity contribution in [2.75, 3.05) is 13.2 Å². The third-order valence-electron chi connectivity index (χ3n) is 5.80. The lowest BCUT2D eigenvalue weighted by atomic mass is 9.94. The Morgan fingerprint density at radius 2 is 1.90 bits per heavy atom. The highest BCUT2D eigenvalue weighted by Gasteiger charge is 2.47. The van der Waals surface area contributed by atoms with E-state index in [9.17, 15) is 19.1 Å². The summed E-state index contributed by atoms with van der Waals surface area (Å²) in [6, 6.07) is 12.2. The van der Waals surface area contributed by atoms with Gasteiger partial charge in [-0.05, 0) is 30.9 Å². The molecule has 30 heavy (non-hydrogen) atoms. The summed E-state index contributed by atoms with van der Waals surface area (Å²) in [4.78, 5) is 27.2. The zero-order valence-electron chi connectivity index (χ0n) is 16.8. The maximum absolute atomic E-state index is 14.7. The molecule has 2 heterocycles. The number of halogens is 1. The second kappa shape index (κ2) is 8.40. The van der Waals surface area contributed by atoms with Gasteiger partial charge in [-0.1, -0.05) is 49.4 Å². The van der Waals surface area contributed by atoms with E-state index in [0.29, 0.717) is 12.2 Å². The fourth-order valence-electron chi connectivity index (χ4n) is 4.15. The van der Waals surface area contributed by atoms with Gasteiger partial charge in [0, 0.05) is 24.3 Å². The van der Waals surface area contributed by atoms with Crippen molar-refractivity contribution in [2.45, 2.75) is 38.3 Å². The van der Waals surface area contributed by atoms with Crippen molar-refractivity contribution < 1.29 is 23.8 Å². The van der Waals surface area contributed by atoms with Crippen LogP contribution < -0.4 is 0 Å². The average Bonchev–Trinajstić information content (AvgIpc) is 3.36. The number of ketones is 1. The van der Waals surface area contributed by atoms with Gasteiger partial charge in [0.25, 0.3) is 11.7 Å². The highest BCUT2D eigenvalue weighted by molar-refractivity contribution is 6.46. The first kappa shape index (κ1) is 20.3. The molecule has 2 atom stereocenters. The van der Waals surface area contributed by atoms with Crippen molar-refractivity contribution in [1.82, 2.24) is 4.90 Å². The number of hydrogen-bond acceptors (Lipinski definition) is 4. The van der Waals surface area contributed by atoms with Crippen LogP contribution in [0.3, 0.4) is 0 Å². The summed E-state index contributed by atoms with van der Waals surface area (Å²) in [5.74, 6) is -2.38. The quantitative estimate of drug-likeness (QED) is 0.461. The molecule has 2 fully saturated rings. The highest BCUT2D eigenvalue weighted by Crippen LogP contribution is 2.40. The number of likely N-dealkylation sites (tertiary alicyclic amines) is 1. The summed E-state index contributed by atoms with van der Waals surface area (Å²) in [6.45, 7) is 2.79. The Morgan fingerprint density at radius 1 is 1.17 bits per heavy atom. The predicted molar refractivity (Wildman–Crippen MR) is 110 cm³/mol. The molecule has 156 valence electrons. The van der Waals surface area contributed by atoms with Gasteiger partial charge in [-0.15, -0.1) is 0 Å². The third kappa shape index (κ3) is 3.63. The van der Waals surface area contributed by atoms with Crippen molar-refractivity contribution in [3.63, 3.8) is 0 Å². The summed E-state index contributed by atoms with van der Waals surface area (Å²) in [5.41, 5.74) is 1.59. The molecular weight excluding hydrogens is 385 g/mol. The van der Waals surface area contributed by atoms with Crippen molar-refractivity contribution >= 4 is 17.4 Å². The van der Waals surface area contributed by atoms with Gasteiger partial charge in [-0.25, -0.2) is 4.39 Å². The number of aliphatic hydroxyl groups is 1. The van der Waals surface area contributed by atoms with Gasteiger partial charge in [0.1, 0.15) is 11.6 Å². The van der Waals surface area contributed by atoms with Crippen LogP contribution in [0.4, 0.5) is 4.39 Å². The Kier molecular flexibility index (Phi) is 5.68. The maximum Gasteiger partial charge on any atom is 0.295 e. The van der Waals surface area contributed by atoms with Crippen molar-refractivity contribution in [1.29, 1.82) is 0 Å². The minimum Gasteiger partial charge on any atom is -0.507 e. The Labute approximate surface area is 174 Å². The molecule has 5 nitrogen and oxygen atoms in total. The van der Waals surface area contributed by atoms with Crippen molar-refractivity contribution in [3.8, 4) is 0 Å². The SMILES string of the molecule is CCc1ccc(/C(O)=C2/C(=O)C(=O)N(CC3CCCO3)C2c2ccccc2F)cc1. The molecule has 2 saturated heterocycles. The number of Topliss-reactive ketones (excluding diaryl/α,β-unsaturated/α-hetero) is 1. The summed E-state index contributed by atoms with van der Waals surface area (Å²) in [5, 5.41) is 11.0. The molecule has 1 N–H and O–H groups in total. The maximum atomic E-state index is 14.7. The van der Waals surface area contributed by atoms with E-state index in [1.54, 1.807) is 30.3 Å². The van der Waals surface area contributed by atoms with Gasteiger partial charge in [-0.3, -0.25) is 9.59 Å². The van der Waals surface area contributed by atoms with Crippen LogP contribution in [0.25, 0.3) is 5.76 Å². The molecular formula is C24H24FNO4. The highest BCUT2D eigenvalue weighted by atomic mass is 19.1. The monoisotopic (exact) mass is 409 g/mol. The number of aliphatic hydroxyl groups excluding tert-OH is 1. The van der Waals surface area contributed by atoms with E-state index in [4.69, 9.17) is 4.74 Å². The molecule has 0 aromatic heterocycles. The second-order valence-electron chi connectivity index (χ2n) is 7.66. The van der Waals surface area contributed by atoms with Gasteiger partial charge >= 0.3 is 0 Å². The largest absolute Gasteiger partial charge is 0.507 e. The molecule has 6 heteroatoms. The zero-order chi connectivity index (χ0) is 21.3. The number of benzene rings is 2. The lowest BCUT2D eigenvalue weighted by molar-refractivity contribution is -0.140. The molecule has 0 radical (unpaired) electrons. The Bertz CT molecular complexity index is 993. The molecule has 4 rings (SSSR count). The molecule has 0 spiro atoms. The molecule has 2 aliphatic rings. The topological polar surface area (TPSA) is 66.8 Å². The second-order valence-corrected chi connectivity index (χ2v) is 7.66. The minimum atomic E-state index is -0.999. The van der Waals surface area contributed by atoms with Gasteiger partial charge in [0.15, 0.2) is 0 Å². The van der Waals surface area contributed by atoms with E-state index in [1.165, 1.54) is 11.0 Å². The van der Waals surface area contributed by atoms with E-state index in [0.717, 1.165) is 24.8 Å². The predicted octanol–water partition coefficient (Wildman–Crippen LogP) is 3.99. The van der Waals surface area contributed by atoms with Crippen LogP contribution in [0.5, 0.6) is 0 Å². The van der Waals surface area contributed by atoms with Crippen LogP contribution in [-0.2, 0) is 20.7 Å². The third-order valence-corrected chi connectivity index (χ3v) is 5.80. The zero-order valence-corrected chi connectivity index (χ0v) is 16.8. The molecule has 0 aliphatic carbocycles. The molecule has 0 bridgehead atoms. The van der Waals surface area contributed by atoms with Gasteiger partial charge in [0.2, 0.25) is 0 Å². The molecule has 2 aromatic carbocycles. The molecule has 2 aromatic rings. The van der Waals surface area contributed by atoms with E-state index >= 15 is 0 Å². The minimum absolute atomic E-state index is 0.0904. The molecule has 0 saturated carbocycles. The number of amides is 1. The Morgan fingerprint density at radius 3 is 2.53 bits per heavy atom. The van der Waals surface area contributed by atoms with Gasteiger partial charge < -0.3 is 14.7 Å². The number of rotatable bonds is 5. The molecule has 2 aliphatic heterocycles. The number of aryl methyl sites for hydroxylation is 1. The smallest absolute Gasteiger partial charge is 0.295 e. The first-order chi connectivity index (χ1) is 14.5. The first-order valence-electron chi connectivity index (χ1n) is 10.2. The number of carbonyl (C=O) groups is 2. The van der Waals surface area contributed by atoms with Crippen molar-refractivity contribution in [3.05, 3.63) is 76.6 Å². The van der Waals surface area contributed by atoms with E-state index in [-0.39, 0.29) is 29.5 Å². The van der Waals surface area contributed by atoms with Crippen molar-refractivity contribution in [2.24, 2.45) is 0 Å². The number of ether oxygens (including phenoxy) is 1. The fraction of sp³-hybridized carbons (Fsp3) is 0.333. The average molecular weight is 409 g/mol. The van der Waals surface area contributed by atoms with Crippen LogP contribution in [-0.4, -0.2) is 41.0 Å². The fourth-order valence-corrected chi connectivity index (χ4v) is 4.15. The van der Waals surface area contributed by atoms with Gasteiger partial charge in [-0.2, -0.15) is 0 Å². The van der Waals surface area contributed by atoms with Crippen LogP contribution in [0, 0.1) is 5.82 Å². The van der Waals surface area contributed by atoms with Crippen LogP contribution in [0.2, 0.25) is 0 Å². The summed E-state index contributed by atoms with van der Waals surface area (Å²) < 4.78 is 20.4. The van der Waals surface area contributed by atoms with E-state index < -0.39 is 23.5 Å². The lowest BCUT2D eigenvalue weighted by Crippen LogP contribution is -2.36. The Hall–Kier alpha value is -2.99. The normalized spacial score (nSPS) is 23.3. The van der Waals surface area contributed by atoms with Crippen LogP contribution >= 0.6 is 0 Å². The number of hydrogen-bond donors (Lipinski definition) is 1. The molecule has 2 unspecified atom stereocenters. The van der Waals surface area contributed by atoms with E-state index in [2.05, 4.69) is 0 Å². The lowest BCUT2D eigenvalue weighted by Gasteiger charge is -2.27. The van der Waals surface area contributed by atoms with Crippen LogP contribution in [0.1, 0.15) is 42.5 Å². The number of nitrogens with zero attached hydrogens (tertiary/aromatic N) is 1. The first-order valence-corrected chi connectivity index (χ1v) is 10.2. The summed E-state index contributed by atoms with van der Waals surface area (Å²) >= 11 is 0. The number of carbonyl (C=O) groups excluding carboxylic acids is 2. The summed E-state index contributed by atoms with van der Waals surface area (Å²) in [7, 11) is 0. The van der Waals surface area contributed by atoms with Crippen LogP contribution in [0.15, 0.2) is 54.1 Å². The standard InChI is InChI=1S/C24H24FNO4/c1-2-15-9-11-16(12-10-15)22(27)20-21(18-7-3-4-8-19(18)25)26(24(29)23(20)28)14-17-6-5-13-30-17/h3-4,7-12,17,21,27H,2,5-6,13-14H2,1H3/b22-20-. The molecule has 1 amide bonds. The Balaban J connectivity index is 1.82. The summed E-state index contributed by atoms with van der Waals surface area (Å²) in [6.07, 6.45) is 2.28. The van der Waals surface area contributed by atoms with E-state index in [1.807, 2.05) is 19.1 Å². The van der Waals surface area contributed by atoms with Gasteiger partial charge in [0.05, 0.1) is 17.7 Å².